The molecule has 1 aliphatic heterocycles. The quantitative estimate of drug-likeness (QED) is 0.523. The minimum Gasteiger partial charge on any atom is -0.285 e. The smallest absolute Gasteiger partial charge is 0.233 e. The van der Waals surface area contributed by atoms with Gasteiger partial charge in [0.15, 0.2) is 0 Å². The van der Waals surface area contributed by atoms with Crippen molar-refractivity contribution in [1.29, 1.82) is 0 Å². The van der Waals surface area contributed by atoms with E-state index in [4.69, 9.17) is 0 Å². The molecule has 2 bridgehead atoms. The fourth-order valence-electron chi connectivity index (χ4n) is 4.47. The summed E-state index contributed by atoms with van der Waals surface area (Å²) in [4.78, 5) is 25.1. The highest BCUT2D eigenvalue weighted by atomic mass is 16.2. The van der Waals surface area contributed by atoms with Crippen LogP contribution in [0, 0.1) is 35.5 Å². The molecule has 2 amide bonds. The minimum absolute atomic E-state index is 0.0845. The van der Waals surface area contributed by atoms with Gasteiger partial charge in [-0.1, -0.05) is 0 Å². The van der Waals surface area contributed by atoms with Crippen LogP contribution < -0.4 is 0 Å². The summed E-state index contributed by atoms with van der Waals surface area (Å²) in [5.41, 5.74) is 0. The van der Waals surface area contributed by atoms with Gasteiger partial charge in [0, 0.05) is 7.05 Å². The Labute approximate surface area is 82.4 Å². The second kappa shape index (κ2) is 1.90. The molecule has 74 valence electrons. The van der Waals surface area contributed by atoms with Gasteiger partial charge in [0.1, 0.15) is 0 Å². The summed E-state index contributed by atoms with van der Waals surface area (Å²) in [6, 6.07) is 0. The zero-order valence-electron chi connectivity index (χ0n) is 8.14. The van der Waals surface area contributed by atoms with Gasteiger partial charge in [-0.2, -0.15) is 0 Å². The first kappa shape index (κ1) is 7.43. The van der Waals surface area contributed by atoms with Crippen LogP contribution in [-0.2, 0) is 9.59 Å². The van der Waals surface area contributed by atoms with Crippen LogP contribution >= 0.6 is 0 Å². The van der Waals surface area contributed by atoms with Crippen molar-refractivity contribution in [2.24, 2.45) is 35.5 Å². The zero-order valence-corrected chi connectivity index (χ0v) is 8.14. The molecule has 3 saturated carbocycles. The van der Waals surface area contributed by atoms with Gasteiger partial charge in [-0.3, -0.25) is 14.5 Å². The topological polar surface area (TPSA) is 37.4 Å². The van der Waals surface area contributed by atoms with Crippen molar-refractivity contribution in [3.05, 3.63) is 0 Å². The lowest BCUT2D eigenvalue weighted by atomic mass is 9.81. The molecule has 4 aliphatic rings. The Kier molecular flexibility index (Phi) is 1.01. The molecule has 3 heteroatoms. The normalized spacial score (nSPS) is 57.9. The van der Waals surface area contributed by atoms with Gasteiger partial charge in [-0.15, -0.1) is 0 Å². The Morgan fingerprint density at radius 1 is 0.929 bits per heavy atom. The van der Waals surface area contributed by atoms with Crippen LogP contribution in [-0.4, -0.2) is 23.8 Å². The maximum atomic E-state index is 11.9. The molecule has 2 unspecified atom stereocenters. The molecule has 4 rings (SSSR count). The molecule has 14 heavy (non-hydrogen) atoms. The number of nitrogens with zero attached hydrogens (tertiary/aromatic N) is 1. The molecule has 1 heterocycles. The van der Waals surface area contributed by atoms with E-state index in [0.717, 1.165) is 18.3 Å². The highest BCUT2D eigenvalue weighted by Crippen LogP contribution is 2.71. The van der Waals surface area contributed by atoms with Gasteiger partial charge in [-0.05, 0) is 36.5 Å². The minimum atomic E-state index is 0.0845. The van der Waals surface area contributed by atoms with E-state index in [-0.39, 0.29) is 23.7 Å². The van der Waals surface area contributed by atoms with Gasteiger partial charge < -0.3 is 0 Å². The number of amides is 2. The first-order valence-corrected chi connectivity index (χ1v) is 5.51. The molecule has 0 aromatic rings. The molecule has 3 aliphatic carbocycles. The summed E-state index contributed by atoms with van der Waals surface area (Å²) >= 11 is 0. The van der Waals surface area contributed by atoms with Crippen LogP contribution in [0.5, 0.6) is 0 Å². The lowest BCUT2D eigenvalue weighted by Gasteiger charge is -2.18. The second-order valence-electron chi connectivity index (χ2n) is 5.41. The number of hydrogen-bond donors (Lipinski definition) is 0. The molecule has 0 spiro atoms. The molecule has 0 aromatic heterocycles. The van der Waals surface area contributed by atoms with Crippen molar-refractivity contribution in [3.63, 3.8) is 0 Å². The number of carbonyl (C=O) groups is 2. The Balaban J connectivity index is 1.82. The van der Waals surface area contributed by atoms with Crippen LogP contribution in [0.4, 0.5) is 0 Å². The van der Waals surface area contributed by atoms with Gasteiger partial charge in [-0.25, -0.2) is 0 Å². The zero-order chi connectivity index (χ0) is 9.61. The molecule has 1 saturated heterocycles. The van der Waals surface area contributed by atoms with Crippen LogP contribution in [0.25, 0.3) is 0 Å². The fourth-order valence-corrected chi connectivity index (χ4v) is 4.47. The van der Waals surface area contributed by atoms with E-state index in [2.05, 4.69) is 0 Å². The fraction of sp³-hybridized carbons (Fsp3) is 0.818. The maximum Gasteiger partial charge on any atom is 0.233 e. The van der Waals surface area contributed by atoms with Gasteiger partial charge in [0.05, 0.1) is 11.8 Å². The lowest BCUT2D eigenvalue weighted by Crippen LogP contribution is -2.28. The summed E-state index contributed by atoms with van der Waals surface area (Å²) in [5, 5.41) is 0. The van der Waals surface area contributed by atoms with E-state index in [1.807, 2.05) is 0 Å². The van der Waals surface area contributed by atoms with Crippen LogP contribution in [0.15, 0.2) is 0 Å². The number of likely N-dealkylation sites (tertiary alicyclic amines) is 1. The third-order valence-corrected chi connectivity index (χ3v) is 5.08. The first-order chi connectivity index (χ1) is 6.70. The third kappa shape index (κ3) is 0.562. The first-order valence-electron chi connectivity index (χ1n) is 5.51. The molecule has 3 nitrogen and oxygen atoms in total. The highest BCUT2D eigenvalue weighted by molar-refractivity contribution is 6.05. The number of fused-ring (bicyclic) bond motifs is 8. The van der Waals surface area contributed by atoms with E-state index in [1.54, 1.807) is 7.05 Å². The predicted octanol–water partition coefficient (Wildman–Crippen LogP) is 0.503. The summed E-state index contributed by atoms with van der Waals surface area (Å²) in [7, 11) is 1.65. The molecule has 6 atom stereocenters. The largest absolute Gasteiger partial charge is 0.285 e. The van der Waals surface area contributed by atoms with Crippen LogP contribution in [0.2, 0.25) is 0 Å². The van der Waals surface area contributed by atoms with Crippen molar-refractivity contribution in [2.75, 3.05) is 7.05 Å². The molecule has 0 aromatic carbocycles. The molecular formula is C11H13NO2. The number of hydrogen-bond acceptors (Lipinski definition) is 2. The molecule has 0 radical (unpaired) electrons. The second-order valence-corrected chi connectivity index (χ2v) is 5.41. The third-order valence-electron chi connectivity index (χ3n) is 5.08. The Bertz CT molecular complexity index is 332. The van der Waals surface area contributed by atoms with Gasteiger partial charge in [0.2, 0.25) is 11.8 Å². The summed E-state index contributed by atoms with van der Waals surface area (Å²) in [5.74, 6) is 3.14. The lowest BCUT2D eigenvalue weighted by molar-refractivity contribution is -0.139. The Morgan fingerprint density at radius 3 is 1.86 bits per heavy atom. The number of rotatable bonds is 0. The molecular weight excluding hydrogens is 178 g/mol. The van der Waals surface area contributed by atoms with E-state index >= 15 is 0 Å². The SMILES string of the molecule is CN1C(=O)[C@@H]2C3CC([C@H]4C[C@@H]34)[C@@H]2C1=O. The molecule has 0 N–H and O–H groups in total. The van der Waals surface area contributed by atoms with Crippen molar-refractivity contribution < 1.29 is 9.59 Å². The summed E-state index contributed by atoms with van der Waals surface area (Å²) < 4.78 is 0. The average Bonchev–Trinajstić information content (AvgIpc) is 2.74. The highest BCUT2D eigenvalue weighted by Gasteiger charge is 2.71. The average molecular weight is 191 g/mol. The molecule has 4 fully saturated rings. The van der Waals surface area contributed by atoms with Gasteiger partial charge in [0.25, 0.3) is 0 Å². The summed E-state index contributed by atoms with van der Waals surface area (Å²) in [6.45, 7) is 0. The standard InChI is InChI=1S/C11H13NO2/c1-12-10(13)8-6-3-7(5-2-4(5)6)9(8)11(12)14/h4-9H,2-3H2,1H3/t4-,5+,6?,7?,8-,9+. The number of imide groups is 1. The van der Waals surface area contributed by atoms with Crippen molar-refractivity contribution in [2.45, 2.75) is 12.8 Å². The van der Waals surface area contributed by atoms with Gasteiger partial charge >= 0.3 is 0 Å². The number of carbonyl (C=O) groups excluding carboxylic acids is 2. The van der Waals surface area contributed by atoms with Crippen LogP contribution in [0.1, 0.15) is 12.8 Å². The monoisotopic (exact) mass is 191 g/mol. The van der Waals surface area contributed by atoms with E-state index in [0.29, 0.717) is 11.8 Å². The maximum absolute atomic E-state index is 11.9. The van der Waals surface area contributed by atoms with Crippen molar-refractivity contribution in [1.82, 2.24) is 4.90 Å². The van der Waals surface area contributed by atoms with Crippen molar-refractivity contribution >= 4 is 11.8 Å². The summed E-state index contributed by atoms with van der Waals surface area (Å²) in [6.07, 6.45) is 2.46. The van der Waals surface area contributed by atoms with Crippen LogP contribution in [0.3, 0.4) is 0 Å². The van der Waals surface area contributed by atoms with E-state index in [1.165, 1.54) is 11.3 Å². The Hall–Kier alpha value is -0.860. The predicted molar refractivity (Wildman–Crippen MR) is 48.0 cm³/mol. The van der Waals surface area contributed by atoms with E-state index < -0.39 is 0 Å². The Morgan fingerprint density at radius 2 is 1.36 bits per heavy atom. The van der Waals surface area contributed by atoms with Crippen molar-refractivity contribution in [3.8, 4) is 0 Å². The van der Waals surface area contributed by atoms with E-state index in [9.17, 15) is 9.59 Å².